The largest absolute Gasteiger partial charge is 0.323 e. The molecule has 0 aliphatic rings. The zero-order valence-corrected chi connectivity index (χ0v) is 15.9. The SMILES string of the molecule is CN(C)S(=O)(=O)c1ccc(NC(=O)/C=C/c2cccc(Cl)c2Cl)cc1. The number of rotatable bonds is 5. The summed E-state index contributed by atoms with van der Waals surface area (Å²) < 4.78 is 25.1. The first-order valence-corrected chi connectivity index (χ1v) is 9.37. The van der Waals surface area contributed by atoms with Crippen molar-refractivity contribution in [2.24, 2.45) is 0 Å². The van der Waals surface area contributed by atoms with E-state index in [9.17, 15) is 13.2 Å². The number of anilines is 1. The van der Waals surface area contributed by atoms with Crippen molar-refractivity contribution in [2.75, 3.05) is 19.4 Å². The number of nitrogens with one attached hydrogen (secondary N) is 1. The van der Waals surface area contributed by atoms with Crippen LogP contribution in [0.5, 0.6) is 0 Å². The summed E-state index contributed by atoms with van der Waals surface area (Å²) >= 11 is 12.0. The summed E-state index contributed by atoms with van der Waals surface area (Å²) in [6, 6.07) is 11.0. The van der Waals surface area contributed by atoms with E-state index in [1.165, 1.54) is 44.4 Å². The average molecular weight is 399 g/mol. The van der Waals surface area contributed by atoms with Crippen molar-refractivity contribution >= 4 is 50.9 Å². The smallest absolute Gasteiger partial charge is 0.248 e. The maximum absolute atomic E-state index is 12.0. The van der Waals surface area contributed by atoms with E-state index >= 15 is 0 Å². The molecule has 5 nitrogen and oxygen atoms in total. The molecule has 2 aromatic carbocycles. The molecular weight excluding hydrogens is 383 g/mol. The van der Waals surface area contributed by atoms with E-state index in [0.717, 1.165) is 4.31 Å². The standard InChI is InChI=1S/C17H16Cl2N2O3S/c1-21(2)25(23,24)14-9-7-13(8-10-14)20-16(22)11-6-12-4-3-5-15(18)17(12)19/h3-11H,1-2H3,(H,20,22)/b11-6+. The molecule has 0 unspecified atom stereocenters. The minimum atomic E-state index is -3.50. The van der Waals surface area contributed by atoms with E-state index in [0.29, 0.717) is 21.3 Å². The Morgan fingerprint density at radius 1 is 1.08 bits per heavy atom. The van der Waals surface area contributed by atoms with Crippen LogP contribution in [0.4, 0.5) is 5.69 Å². The van der Waals surface area contributed by atoms with Crippen LogP contribution in [-0.2, 0) is 14.8 Å². The van der Waals surface area contributed by atoms with Gasteiger partial charge in [0.15, 0.2) is 0 Å². The molecule has 2 aromatic rings. The number of nitrogens with zero attached hydrogens (tertiary/aromatic N) is 1. The zero-order valence-electron chi connectivity index (χ0n) is 13.5. The summed E-state index contributed by atoms with van der Waals surface area (Å²) in [6.07, 6.45) is 2.87. The fourth-order valence-corrected chi connectivity index (χ4v) is 3.19. The molecule has 2 rings (SSSR count). The number of hydrogen-bond donors (Lipinski definition) is 1. The molecule has 0 aliphatic carbocycles. The van der Waals surface area contributed by atoms with Crippen molar-refractivity contribution in [2.45, 2.75) is 4.90 Å². The predicted octanol–water partition coefficient (Wildman–Crippen LogP) is 3.90. The summed E-state index contributed by atoms with van der Waals surface area (Å²) in [5.41, 5.74) is 1.10. The van der Waals surface area contributed by atoms with Crippen LogP contribution in [0.2, 0.25) is 10.0 Å². The Balaban J connectivity index is 2.08. The number of carbonyl (C=O) groups excluding carboxylic acids is 1. The Morgan fingerprint density at radius 3 is 2.32 bits per heavy atom. The van der Waals surface area contributed by atoms with Crippen LogP contribution in [0, 0.1) is 0 Å². The lowest BCUT2D eigenvalue weighted by atomic mass is 10.2. The molecule has 25 heavy (non-hydrogen) atoms. The first kappa shape index (κ1) is 19.5. The van der Waals surface area contributed by atoms with Gasteiger partial charge in [0.05, 0.1) is 14.9 Å². The number of hydrogen-bond acceptors (Lipinski definition) is 3. The van der Waals surface area contributed by atoms with Gasteiger partial charge in [-0.25, -0.2) is 12.7 Å². The maximum atomic E-state index is 12.0. The molecule has 132 valence electrons. The summed E-state index contributed by atoms with van der Waals surface area (Å²) in [5.74, 6) is -0.376. The molecule has 0 atom stereocenters. The zero-order chi connectivity index (χ0) is 18.6. The fraction of sp³-hybridized carbons (Fsp3) is 0.118. The van der Waals surface area contributed by atoms with Crippen molar-refractivity contribution in [1.29, 1.82) is 0 Å². The van der Waals surface area contributed by atoms with Crippen molar-refractivity contribution in [1.82, 2.24) is 4.31 Å². The molecule has 0 heterocycles. The predicted molar refractivity (Wildman–Crippen MR) is 101 cm³/mol. The monoisotopic (exact) mass is 398 g/mol. The van der Waals surface area contributed by atoms with E-state index < -0.39 is 10.0 Å². The van der Waals surface area contributed by atoms with Gasteiger partial charge in [0.2, 0.25) is 15.9 Å². The third kappa shape index (κ3) is 4.83. The molecule has 0 saturated carbocycles. The molecule has 0 bridgehead atoms. The first-order valence-electron chi connectivity index (χ1n) is 7.17. The molecule has 8 heteroatoms. The minimum absolute atomic E-state index is 0.150. The van der Waals surface area contributed by atoms with Crippen molar-refractivity contribution in [3.8, 4) is 0 Å². The lowest BCUT2D eigenvalue weighted by Gasteiger charge is -2.11. The number of benzene rings is 2. The summed E-state index contributed by atoms with van der Waals surface area (Å²) in [6.45, 7) is 0. The van der Waals surface area contributed by atoms with Crippen LogP contribution in [0.15, 0.2) is 53.4 Å². The van der Waals surface area contributed by atoms with Gasteiger partial charge in [0, 0.05) is 25.9 Å². The molecule has 0 saturated heterocycles. The van der Waals surface area contributed by atoms with Crippen LogP contribution < -0.4 is 5.32 Å². The van der Waals surface area contributed by atoms with Crippen LogP contribution in [-0.4, -0.2) is 32.7 Å². The average Bonchev–Trinajstić information content (AvgIpc) is 2.56. The van der Waals surface area contributed by atoms with Gasteiger partial charge in [-0.3, -0.25) is 4.79 Å². The fourth-order valence-electron chi connectivity index (χ4n) is 1.92. The second-order valence-corrected chi connectivity index (χ2v) is 8.21. The highest BCUT2D eigenvalue weighted by atomic mass is 35.5. The van der Waals surface area contributed by atoms with E-state index in [1.54, 1.807) is 24.3 Å². The Labute approximate surface area is 156 Å². The van der Waals surface area contributed by atoms with Crippen LogP contribution >= 0.6 is 23.2 Å². The molecule has 0 spiro atoms. The van der Waals surface area contributed by atoms with Gasteiger partial charge in [0.25, 0.3) is 0 Å². The van der Waals surface area contributed by atoms with Gasteiger partial charge in [0.1, 0.15) is 0 Å². The maximum Gasteiger partial charge on any atom is 0.248 e. The van der Waals surface area contributed by atoms with Crippen LogP contribution in [0.25, 0.3) is 6.08 Å². The summed E-state index contributed by atoms with van der Waals surface area (Å²) in [5, 5.41) is 3.42. The Bertz CT molecular complexity index is 908. The Hall–Kier alpha value is -1.86. The van der Waals surface area contributed by atoms with Crippen molar-refractivity contribution < 1.29 is 13.2 Å². The molecule has 1 N–H and O–H groups in total. The molecule has 0 fully saturated rings. The third-order valence-corrected chi connectivity index (χ3v) is 5.96. The van der Waals surface area contributed by atoms with Crippen molar-refractivity contribution in [3.05, 3.63) is 64.1 Å². The number of sulfonamides is 1. The number of halogens is 2. The normalized spacial score (nSPS) is 11.9. The molecule has 1 amide bonds. The Kier molecular flexibility index (Phi) is 6.24. The van der Waals surface area contributed by atoms with Gasteiger partial charge in [-0.2, -0.15) is 0 Å². The van der Waals surface area contributed by atoms with Gasteiger partial charge in [-0.05, 0) is 42.0 Å². The molecule has 0 aliphatic heterocycles. The summed E-state index contributed by atoms with van der Waals surface area (Å²) in [7, 11) is -0.587. The number of amides is 1. The van der Waals surface area contributed by atoms with E-state index in [-0.39, 0.29) is 10.8 Å². The van der Waals surface area contributed by atoms with Gasteiger partial charge >= 0.3 is 0 Å². The van der Waals surface area contributed by atoms with Crippen molar-refractivity contribution in [3.63, 3.8) is 0 Å². The van der Waals surface area contributed by atoms with Crippen LogP contribution in [0.1, 0.15) is 5.56 Å². The number of carbonyl (C=O) groups is 1. The van der Waals surface area contributed by atoms with E-state index in [1.807, 2.05) is 0 Å². The highest BCUT2D eigenvalue weighted by molar-refractivity contribution is 7.89. The quantitative estimate of drug-likeness (QED) is 0.776. The molecule has 0 radical (unpaired) electrons. The van der Waals surface area contributed by atoms with Gasteiger partial charge in [-0.1, -0.05) is 35.3 Å². The summed E-state index contributed by atoms with van der Waals surface area (Å²) in [4.78, 5) is 12.1. The highest BCUT2D eigenvalue weighted by Gasteiger charge is 2.16. The van der Waals surface area contributed by atoms with Gasteiger partial charge in [-0.15, -0.1) is 0 Å². The Morgan fingerprint density at radius 2 is 1.72 bits per heavy atom. The second-order valence-electron chi connectivity index (χ2n) is 5.28. The minimum Gasteiger partial charge on any atom is -0.323 e. The molecular formula is C17H16Cl2N2O3S. The third-order valence-electron chi connectivity index (χ3n) is 3.30. The lowest BCUT2D eigenvalue weighted by Crippen LogP contribution is -2.22. The van der Waals surface area contributed by atoms with Crippen LogP contribution in [0.3, 0.4) is 0 Å². The second kappa shape index (κ2) is 8.01. The topological polar surface area (TPSA) is 66.5 Å². The first-order chi connectivity index (χ1) is 11.7. The lowest BCUT2D eigenvalue weighted by molar-refractivity contribution is -0.111. The van der Waals surface area contributed by atoms with Gasteiger partial charge < -0.3 is 5.32 Å². The van der Waals surface area contributed by atoms with E-state index in [2.05, 4.69) is 5.32 Å². The van der Waals surface area contributed by atoms with E-state index in [4.69, 9.17) is 23.2 Å². The highest BCUT2D eigenvalue weighted by Crippen LogP contribution is 2.26. The molecule has 0 aromatic heterocycles.